The number of carbonyl (C=O) groups excluding carboxylic acids is 1. The number of carbonyl (C=O) groups is 1. The molecular weight excluding hydrogens is 272 g/mol. The first-order chi connectivity index (χ1) is 10.0. The summed E-state index contributed by atoms with van der Waals surface area (Å²) in [5.41, 5.74) is 2.28. The van der Waals surface area contributed by atoms with Crippen LogP contribution >= 0.6 is 0 Å². The van der Waals surface area contributed by atoms with Crippen LogP contribution in [-0.4, -0.2) is 17.4 Å². The molecule has 0 saturated heterocycles. The highest BCUT2D eigenvalue weighted by atomic mass is 16.6. The van der Waals surface area contributed by atoms with E-state index in [-0.39, 0.29) is 22.8 Å². The van der Waals surface area contributed by atoms with Gasteiger partial charge in [-0.25, -0.2) is 0 Å². The predicted octanol–water partition coefficient (Wildman–Crippen LogP) is 2.05. The van der Waals surface area contributed by atoms with Gasteiger partial charge < -0.3 is 10.7 Å². The van der Waals surface area contributed by atoms with E-state index in [1.807, 2.05) is 0 Å². The minimum absolute atomic E-state index is 0.0415. The summed E-state index contributed by atoms with van der Waals surface area (Å²) in [7, 11) is 0. The molecule has 114 valence electrons. The van der Waals surface area contributed by atoms with Crippen molar-refractivity contribution >= 4 is 17.3 Å². The predicted molar refractivity (Wildman–Crippen MR) is 79.7 cm³/mol. The summed E-state index contributed by atoms with van der Waals surface area (Å²) in [5.74, 6) is 6.17. The van der Waals surface area contributed by atoms with Gasteiger partial charge in [0.15, 0.2) is 0 Å². The van der Waals surface area contributed by atoms with Gasteiger partial charge in [-0.2, -0.15) is 0 Å². The molecule has 21 heavy (non-hydrogen) atoms. The highest BCUT2D eigenvalue weighted by molar-refractivity contribution is 6.01. The van der Waals surface area contributed by atoms with E-state index in [1.54, 1.807) is 0 Å². The van der Waals surface area contributed by atoms with Crippen LogP contribution in [0.25, 0.3) is 0 Å². The summed E-state index contributed by atoms with van der Waals surface area (Å²) >= 11 is 0. The number of nitro benzene ring substituents is 1. The maximum absolute atomic E-state index is 12.2. The molecule has 1 aliphatic carbocycles. The Morgan fingerprint density at radius 3 is 2.81 bits per heavy atom. The van der Waals surface area contributed by atoms with E-state index in [0.29, 0.717) is 18.4 Å². The van der Waals surface area contributed by atoms with Crippen molar-refractivity contribution in [2.24, 2.45) is 17.7 Å². The van der Waals surface area contributed by atoms with Gasteiger partial charge in [0, 0.05) is 12.6 Å². The Kier molecular flexibility index (Phi) is 4.74. The van der Waals surface area contributed by atoms with E-state index in [1.165, 1.54) is 24.6 Å². The van der Waals surface area contributed by atoms with Crippen molar-refractivity contribution in [2.75, 3.05) is 12.0 Å². The number of rotatable bonds is 5. The van der Waals surface area contributed by atoms with Crippen molar-refractivity contribution in [3.05, 3.63) is 33.9 Å². The zero-order chi connectivity index (χ0) is 15.4. The molecule has 1 aliphatic rings. The van der Waals surface area contributed by atoms with Crippen molar-refractivity contribution < 1.29 is 9.72 Å². The molecule has 1 amide bonds. The third kappa shape index (κ3) is 3.49. The van der Waals surface area contributed by atoms with E-state index < -0.39 is 4.92 Å². The van der Waals surface area contributed by atoms with Crippen LogP contribution in [0.15, 0.2) is 18.2 Å². The fourth-order valence-electron chi connectivity index (χ4n) is 2.88. The molecule has 0 aromatic heterocycles. The lowest BCUT2D eigenvalue weighted by atomic mass is 10.1. The number of nitrogen functional groups attached to an aromatic ring is 1. The second-order valence-electron chi connectivity index (χ2n) is 5.60. The Labute approximate surface area is 123 Å². The molecule has 1 aromatic rings. The smallest absolute Gasteiger partial charge is 0.294 e. The summed E-state index contributed by atoms with van der Waals surface area (Å²) in [6.07, 6.45) is 3.41. The topological polar surface area (TPSA) is 110 Å². The van der Waals surface area contributed by atoms with Crippen molar-refractivity contribution in [1.82, 2.24) is 5.32 Å². The molecule has 4 N–H and O–H groups in total. The second-order valence-corrected chi connectivity index (χ2v) is 5.60. The summed E-state index contributed by atoms with van der Waals surface area (Å²) < 4.78 is 0. The fraction of sp³-hybridized carbons (Fsp3) is 0.500. The molecule has 0 heterocycles. The minimum atomic E-state index is -0.565. The van der Waals surface area contributed by atoms with Crippen molar-refractivity contribution in [3.63, 3.8) is 0 Å². The average Bonchev–Trinajstić information content (AvgIpc) is 2.89. The molecule has 0 aliphatic heterocycles. The third-order valence-electron chi connectivity index (χ3n) is 3.98. The molecule has 1 saturated carbocycles. The number of para-hydroxylation sites is 1. The third-order valence-corrected chi connectivity index (χ3v) is 3.98. The molecule has 7 heteroatoms. The normalized spacial score (nSPS) is 21.0. The van der Waals surface area contributed by atoms with Crippen LogP contribution < -0.4 is 16.6 Å². The van der Waals surface area contributed by atoms with E-state index in [4.69, 9.17) is 5.84 Å². The molecule has 0 bridgehead atoms. The summed E-state index contributed by atoms with van der Waals surface area (Å²) in [6, 6.07) is 4.31. The van der Waals surface area contributed by atoms with Crippen LogP contribution in [0.5, 0.6) is 0 Å². The first-order valence-electron chi connectivity index (χ1n) is 7.05. The molecule has 1 aromatic carbocycles. The van der Waals surface area contributed by atoms with Crippen molar-refractivity contribution in [2.45, 2.75) is 26.2 Å². The lowest BCUT2D eigenvalue weighted by Crippen LogP contribution is -2.29. The van der Waals surface area contributed by atoms with Gasteiger partial charge in [0.2, 0.25) is 0 Å². The number of anilines is 1. The van der Waals surface area contributed by atoms with Gasteiger partial charge in [0.25, 0.3) is 11.6 Å². The Balaban J connectivity index is 2.08. The lowest BCUT2D eigenvalue weighted by Gasteiger charge is -2.13. The lowest BCUT2D eigenvalue weighted by molar-refractivity contribution is -0.384. The van der Waals surface area contributed by atoms with Crippen LogP contribution in [0.1, 0.15) is 36.5 Å². The maximum Gasteiger partial charge on any atom is 0.294 e. The number of nitrogens with zero attached hydrogens (tertiary/aromatic N) is 1. The monoisotopic (exact) mass is 292 g/mol. The Hall–Kier alpha value is -2.15. The van der Waals surface area contributed by atoms with E-state index >= 15 is 0 Å². The molecular formula is C14H20N4O3. The van der Waals surface area contributed by atoms with E-state index in [9.17, 15) is 14.9 Å². The summed E-state index contributed by atoms with van der Waals surface area (Å²) in [5, 5.41) is 13.8. The SMILES string of the molecule is CC1CCC(CNC(=O)c2cccc([N+](=O)[O-])c2NN)C1. The van der Waals surface area contributed by atoms with Crippen molar-refractivity contribution in [3.8, 4) is 0 Å². The highest BCUT2D eigenvalue weighted by Crippen LogP contribution is 2.30. The number of nitrogens with two attached hydrogens (primary N) is 1. The first kappa shape index (κ1) is 15.2. The summed E-state index contributed by atoms with van der Waals surface area (Å²) in [6.45, 7) is 2.80. The number of hydrogen-bond donors (Lipinski definition) is 3. The molecule has 1 fully saturated rings. The molecule has 2 unspecified atom stereocenters. The van der Waals surface area contributed by atoms with Crippen LogP contribution in [0.2, 0.25) is 0 Å². The second kappa shape index (κ2) is 6.53. The van der Waals surface area contributed by atoms with Gasteiger partial charge in [-0.3, -0.25) is 20.8 Å². The minimum Gasteiger partial charge on any atom is -0.352 e. The van der Waals surface area contributed by atoms with Gasteiger partial charge >= 0.3 is 0 Å². The standard InChI is InChI=1S/C14H20N4O3/c1-9-5-6-10(7-9)8-16-14(19)11-3-2-4-12(18(20)21)13(11)17-15/h2-4,9-10,17H,5-8,15H2,1H3,(H,16,19). The van der Waals surface area contributed by atoms with Gasteiger partial charge in [0.1, 0.15) is 5.69 Å². The molecule has 2 rings (SSSR count). The van der Waals surface area contributed by atoms with Crippen LogP contribution in [0, 0.1) is 22.0 Å². The number of hydrogen-bond acceptors (Lipinski definition) is 5. The molecule has 7 nitrogen and oxygen atoms in total. The number of benzene rings is 1. The summed E-state index contributed by atoms with van der Waals surface area (Å²) in [4.78, 5) is 22.6. The number of nitrogens with one attached hydrogen (secondary N) is 2. The number of hydrazine groups is 1. The van der Waals surface area contributed by atoms with Gasteiger partial charge in [-0.1, -0.05) is 19.4 Å². The molecule has 0 radical (unpaired) electrons. The Bertz CT molecular complexity index is 547. The van der Waals surface area contributed by atoms with E-state index in [2.05, 4.69) is 17.7 Å². The van der Waals surface area contributed by atoms with Crippen molar-refractivity contribution in [1.29, 1.82) is 0 Å². The highest BCUT2D eigenvalue weighted by Gasteiger charge is 2.24. The number of amides is 1. The zero-order valence-electron chi connectivity index (χ0n) is 12.0. The average molecular weight is 292 g/mol. The maximum atomic E-state index is 12.2. The van der Waals surface area contributed by atoms with E-state index in [0.717, 1.165) is 12.8 Å². The van der Waals surface area contributed by atoms with Gasteiger partial charge in [-0.15, -0.1) is 0 Å². The Morgan fingerprint density at radius 2 is 2.24 bits per heavy atom. The van der Waals surface area contributed by atoms with Crippen LogP contribution in [0.3, 0.4) is 0 Å². The first-order valence-corrected chi connectivity index (χ1v) is 7.05. The van der Waals surface area contributed by atoms with Gasteiger partial charge in [0.05, 0.1) is 10.5 Å². The largest absolute Gasteiger partial charge is 0.352 e. The molecule has 0 spiro atoms. The Morgan fingerprint density at radius 1 is 1.48 bits per heavy atom. The van der Waals surface area contributed by atoms with Crippen LogP contribution in [-0.2, 0) is 0 Å². The zero-order valence-corrected chi connectivity index (χ0v) is 12.0. The number of nitro groups is 1. The molecule has 2 atom stereocenters. The van der Waals surface area contributed by atoms with Crippen LogP contribution in [0.4, 0.5) is 11.4 Å². The quantitative estimate of drug-likeness (QED) is 0.437. The van der Waals surface area contributed by atoms with Gasteiger partial charge in [-0.05, 0) is 30.7 Å². The fourth-order valence-corrected chi connectivity index (χ4v) is 2.88.